The summed E-state index contributed by atoms with van der Waals surface area (Å²) in [5.41, 5.74) is 0. The molecule has 1 aliphatic rings. The van der Waals surface area contributed by atoms with E-state index in [0.29, 0.717) is 6.04 Å². The molecule has 1 unspecified atom stereocenters. The Hall–Kier alpha value is -0.160. The van der Waals surface area contributed by atoms with Crippen LogP contribution in [0.1, 0.15) is 20.3 Å². The summed E-state index contributed by atoms with van der Waals surface area (Å²) in [4.78, 5) is 4.97. The van der Waals surface area contributed by atoms with Gasteiger partial charge >= 0.3 is 0 Å². The summed E-state index contributed by atoms with van der Waals surface area (Å²) in [6.07, 6.45) is 1.18. The van der Waals surface area contributed by atoms with E-state index in [-0.39, 0.29) is 6.29 Å². The highest BCUT2D eigenvalue weighted by Gasteiger charge is 2.27. The van der Waals surface area contributed by atoms with Crippen LogP contribution >= 0.6 is 0 Å². The number of methoxy groups -OCH3 is 2. The minimum Gasteiger partial charge on any atom is -0.355 e. The highest BCUT2D eigenvalue weighted by atomic mass is 16.7. The molecule has 0 N–H and O–H groups in total. The lowest BCUT2D eigenvalue weighted by Gasteiger charge is -2.27. The van der Waals surface area contributed by atoms with Crippen LogP contribution in [0.4, 0.5) is 0 Å². The van der Waals surface area contributed by atoms with Crippen molar-refractivity contribution in [3.05, 3.63) is 0 Å². The number of likely N-dealkylation sites (tertiary alicyclic amines) is 1. The maximum atomic E-state index is 5.23. The van der Waals surface area contributed by atoms with Gasteiger partial charge in [0.2, 0.25) is 0 Å². The molecule has 1 heterocycles. The second kappa shape index (κ2) is 7.22. The SMILES string of the molecule is CCN(CC)C1CCN(CC(OC)OC)C1. The molecule has 96 valence electrons. The van der Waals surface area contributed by atoms with Crippen LogP contribution in [0.5, 0.6) is 0 Å². The van der Waals surface area contributed by atoms with Crippen LogP contribution in [0.25, 0.3) is 0 Å². The van der Waals surface area contributed by atoms with Crippen molar-refractivity contribution < 1.29 is 9.47 Å². The Bertz CT molecular complexity index is 182. The van der Waals surface area contributed by atoms with Gasteiger partial charge in [-0.1, -0.05) is 13.8 Å². The van der Waals surface area contributed by atoms with E-state index in [0.717, 1.165) is 32.7 Å². The zero-order valence-corrected chi connectivity index (χ0v) is 11.1. The number of hydrogen-bond acceptors (Lipinski definition) is 4. The first kappa shape index (κ1) is 13.9. The maximum absolute atomic E-state index is 5.23. The second-order valence-corrected chi connectivity index (χ2v) is 4.32. The lowest BCUT2D eigenvalue weighted by atomic mass is 10.2. The van der Waals surface area contributed by atoms with Gasteiger partial charge in [0.15, 0.2) is 6.29 Å². The predicted molar refractivity (Wildman–Crippen MR) is 65.6 cm³/mol. The van der Waals surface area contributed by atoms with Crippen molar-refractivity contribution in [1.29, 1.82) is 0 Å². The third kappa shape index (κ3) is 3.70. The largest absolute Gasteiger partial charge is 0.355 e. The minimum absolute atomic E-state index is 0.0875. The smallest absolute Gasteiger partial charge is 0.169 e. The Labute approximate surface area is 99.5 Å². The topological polar surface area (TPSA) is 24.9 Å². The molecule has 4 nitrogen and oxygen atoms in total. The Kier molecular flexibility index (Phi) is 6.28. The van der Waals surface area contributed by atoms with Gasteiger partial charge in [0.05, 0.1) is 0 Å². The van der Waals surface area contributed by atoms with Gasteiger partial charge in [-0.2, -0.15) is 0 Å². The molecule has 0 aliphatic carbocycles. The van der Waals surface area contributed by atoms with Gasteiger partial charge in [0, 0.05) is 33.4 Å². The summed E-state index contributed by atoms with van der Waals surface area (Å²) in [6.45, 7) is 9.94. The van der Waals surface area contributed by atoms with Gasteiger partial charge in [-0.05, 0) is 26.1 Å². The highest BCUT2D eigenvalue weighted by Crippen LogP contribution is 2.15. The predicted octanol–water partition coefficient (Wildman–Crippen LogP) is 1.02. The van der Waals surface area contributed by atoms with E-state index in [2.05, 4.69) is 23.6 Å². The van der Waals surface area contributed by atoms with E-state index < -0.39 is 0 Å². The molecule has 0 radical (unpaired) electrons. The minimum atomic E-state index is -0.0875. The zero-order chi connectivity index (χ0) is 12.0. The third-order valence-electron chi connectivity index (χ3n) is 3.51. The molecule has 0 aromatic rings. The van der Waals surface area contributed by atoms with Crippen LogP contribution in [0.3, 0.4) is 0 Å². The van der Waals surface area contributed by atoms with Crippen LogP contribution in [-0.2, 0) is 9.47 Å². The van der Waals surface area contributed by atoms with Gasteiger partial charge in [-0.15, -0.1) is 0 Å². The molecule has 0 saturated carbocycles. The van der Waals surface area contributed by atoms with Crippen molar-refractivity contribution in [2.24, 2.45) is 0 Å². The zero-order valence-electron chi connectivity index (χ0n) is 11.1. The van der Waals surface area contributed by atoms with Crippen molar-refractivity contribution >= 4 is 0 Å². The van der Waals surface area contributed by atoms with Crippen molar-refractivity contribution in [1.82, 2.24) is 9.80 Å². The summed E-state index contributed by atoms with van der Waals surface area (Å²) in [7, 11) is 3.40. The number of ether oxygens (including phenoxy) is 2. The van der Waals surface area contributed by atoms with E-state index in [4.69, 9.17) is 9.47 Å². The van der Waals surface area contributed by atoms with Gasteiger partial charge in [-0.25, -0.2) is 0 Å². The van der Waals surface area contributed by atoms with E-state index in [1.807, 2.05) is 0 Å². The van der Waals surface area contributed by atoms with Crippen molar-refractivity contribution in [2.45, 2.75) is 32.6 Å². The molecule has 1 rings (SSSR count). The van der Waals surface area contributed by atoms with Crippen molar-refractivity contribution in [2.75, 3.05) is 46.9 Å². The first-order chi connectivity index (χ1) is 7.74. The number of rotatable bonds is 7. The van der Waals surface area contributed by atoms with Crippen LogP contribution in [0, 0.1) is 0 Å². The molecule has 0 amide bonds. The summed E-state index contributed by atoms with van der Waals surface area (Å²) in [5, 5.41) is 0. The van der Waals surface area contributed by atoms with E-state index >= 15 is 0 Å². The lowest BCUT2D eigenvalue weighted by Crippen LogP contribution is -2.39. The fourth-order valence-corrected chi connectivity index (χ4v) is 2.47. The summed E-state index contributed by atoms with van der Waals surface area (Å²) in [6, 6.07) is 0.712. The van der Waals surface area contributed by atoms with Crippen LogP contribution < -0.4 is 0 Å². The monoisotopic (exact) mass is 230 g/mol. The molecule has 16 heavy (non-hydrogen) atoms. The summed E-state index contributed by atoms with van der Waals surface area (Å²) < 4.78 is 10.5. The molecule has 4 heteroatoms. The number of likely N-dealkylation sites (N-methyl/N-ethyl adjacent to an activating group) is 1. The number of nitrogens with zero attached hydrogens (tertiary/aromatic N) is 2. The van der Waals surface area contributed by atoms with Crippen LogP contribution in [0.2, 0.25) is 0 Å². The van der Waals surface area contributed by atoms with Crippen LogP contribution in [0.15, 0.2) is 0 Å². The molecule has 1 saturated heterocycles. The highest BCUT2D eigenvalue weighted by molar-refractivity contribution is 4.82. The van der Waals surface area contributed by atoms with Crippen molar-refractivity contribution in [3.63, 3.8) is 0 Å². The molecule has 0 spiro atoms. The Morgan fingerprint density at radius 3 is 2.38 bits per heavy atom. The van der Waals surface area contributed by atoms with Gasteiger partial charge in [-0.3, -0.25) is 9.80 Å². The Morgan fingerprint density at radius 1 is 1.25 bits per heavy atom. The molecule has 0 bridgehead atoms. The first-order valence-corrected chi connectivity index (χ1v) is 6.27. The van der Waals surface area contributed by atoms with E-state index in [1.54, 1.807) is 14.2 Å². The van der Waals surface area contributed by atoms with Crippen LogP contribution in [-0.4, -0.2) is 69.1 Å². The second-order valence-electron chi connectivity index (χ2n) is 4.32. The average molecular weight is 230 g/mol. The number of hydrogen-bond donors (Lipinski definition) is 0. The molecular formula is C12H26N2O2. The molecule has 1 fully saturated rings. The molecule has 1 atom stereocenters. The van der Waals surface area contributed by atoms with Gasteiger partial charge in [0.1, 0.15) is 0 Å². The maximum Gasteiger partial charge on any atom is 0.169 e. The fraction of sp³-hybridized carbons (Fsp3) is 1.00. The summed E-state index contributed by atoms with van der Waals surface area (Å²) >= 11 is 0. The van der Waals surface area contributed by atoms with E-state index in [9.17, 15) is 0 Å². The first-order valence-electron chi connectivity index (χ1n) is 6.27. The fourth-order valence-electron chi connectivity index (χ4n) is 2.47. The van der Waals surface area contributed by atoms with Gasteiger partial charge in [0.25, 0.3) is 0 Å². The van der Waals surface area contributed by atoms with E-state index in [1.165, 1.54) is 6.42 Å². The Morgan fingerprint density at radius 2 is 1.88 bits per heavy atom. The lowest BCUT2D eigenvalue weighted by molar-refractivity contribution is -0.114. The Balaban J connectivity index is 2.34. The third-order valence-corrected chi connectivity index (χ3v) is 3.51. The van der Waals surface area contributed by atoms with Crippen molar-refractivity contribution in [3.8, 4) is 0 Å². The van der Waals surface area contributed by atoms with Gasteiger partial charge < -0.3 is 9.47 Å². The normalized spacial score (nSPS) is 22.5. The standard InChI is InChI=1S/C12H26N2O2/c1-5-14(6-2)11-7-8-13(9-11)10-12(15-3)16-4/h11-12H,5-10H2,1-4H3. The molecule has 0 aromatic carbocycles. The molecule has 0 aromatic heterocycles. The molecule has 1 aliphatic heterocycles. The summed E-state index contributed by atoms with van der Waals surface area (Å²) in [5.74, 6) is 0. The molecular weight excluding hydrogens is 204 g/mol. The quantitative estimate of drug-likeness (QED) is 0.610. The average Bonchev–Trinajstić information content (AvgIpc) is 2.76.